The van der Waals surface area contributed by atoms with Crippen LogP contribution < -0.4 is 4.74 Å². The van der Waals surface area contributed by atoms with Crippen molar-refractivity contribution in [1.29, 1.82) is 0 Å². The summed E-state index contributed by atoms with van der Waals surface area (Å²) in [6.07, 6.45) is 2.97. The Morgan fingerprint density at radius 1 is 0.971 bits per heavy atom. The lowest BCUT2D eigenvalue weighted by Crippen LogP contribution is -2.48. The molecule has 0 aliphatic heterocycles. The third-order valence-corrected chi connectivity index (χ3v) is 6.70. The quantitative estimate of drug-likeness (QED) is 0.200. The van der Waals surface area contributed by atoms with Crippen LogP contribution in [0.2, 0.25) is 0 Å². The summed E-state index contributed by atoms with van der Waals surface area (Å²) in [6, 6.07) is 22.4. The second kappa shape index (κ2) is 10.5. The number of rotatable bonds is 7. The molecule has 1 saturated carbocycles. The Labute approximate surface area is 204 Å². The number of aryl methyl sites for hydroxylation is 1. The first-order valence-electron chi connectivity index (χ1n) is 11.5. The maximum Gasteiger partial charge on any atom is 0.228 e. The summed E-state index contributed by atoms with van der Waals surface area (Å²) >= 11 is 0. The number of carbonyl (C=O) groups is 2. The van der Waals surface area contributed by atoms with Gasteiger partial charge < -0.3 is 4.74 Å². The van der Waals surface area contributed by atoms with Crippen LogP contribution in [0.4, 0.5) is 0 Å². The van der Waals surface area contributed by atoms with Crippen LogP contribution in [0.1, 0.15) is 40.5 Å². The van der Waals surface area contributed by atoms with E-state index in [0.717, 1.165) is 11.1 Å². The van der Waals surface area contributed by atoms with Gasteiger partial charge in [-0.1, -0.05) is 78.4 Å². The van der Waals surface area contributed by atoms with Gasteiger partial charge in [-0.05, 0) is 41.8 Å². The topological polar surface area (TPSA) is 86.5 Å². The number of carbonyl (C=O) groups excluding carboxylic acids is 2. The SMILES string of the molecule is COc1ccc([C@H]2CC(=O)C(C(=O)/C=C/c3ccc(C)cc3)[C@H](c3ccccc3)[C@H]2[N+](=O)[O-])cc1. The van der Waals surface area contributed by atoms with Crippen LogP contribution in [0.25, 0.3) is 6.08 Å². The highest BCUT2D eigenvalue weighted by atomic mass is 16.6. The fourth-order valence-corrected chi connectivity index (χ4v) is 4.92. The van der Waals surface area contributed by atoms with Gasteiger partial charge in [0.15, 0.2) is 5.78 Å². The van der Waals surface area contributed by atoms with Crippen molar-refractivity contribution in [3.05, 3.63) is 117 Å². The highest BCUT2D eigenvalue weighted by molar-refractivity contribution is 6.10. The zero-order valence-corrected chi connectivity index (χ0v) is 19.7. The second-order valence-corrected chi connectivity index (χ2v) is 8.89. The first kappa shape index (κ1) is 24.1. The molecule has 0 aromatic heterocycles. The van der Waals surface area contributed by atoms with Crippen molar-refractivity contribution in [3.63, 3.8) is 0 Å². The van der Waals surface area contributed by atoms with Crippen molar-refractivity contribution < 1.29 is 19.2 Å². The normalized spacial score (nSPS) is 22.2. The highest BCUT2D eigenvalue weighted by Crippen LogP contribution is 2.45. The molecule has 0 heterocycles. The number of ether oxygens (including phenoxy) is 1. The van der Waals surface area contributed by atoms with Crippen LogP contribution >= 0.6 is 0 Å². The van der Waals surface area contributed by atoms with Gasteiger partial charge in [0.25, 0.3) is 0 Å². The van der Waals surface area contributed by atoms with E-state index in [1.807, 2.05) is 37.3 Å². The molecule has 178 valence electrons. The Bertz CT molecular complexity index is 1230. The standard InChI is InChI=1S/C29H27NO5/c1-19-8-10-20(11-9-19)12-17-25(31)28-26(32)18-24(21-13-15-23(35-2)16-14-21)29(30(33)34)27(28)22-6-4-3-5-7-22/h3-17,24,27-29H,18H2,1-2H3/b17-12+/t24-,27+,28?,29+/m1/s1. The van der Waals surface area contributed by atoms with Crippen molar-refractivity contribution >= 4 is 17.6 Å². The predicted molar refractivity (Wildman–Crippen MR) is 134 cm³/mol. The molecule has 6 heteroatoms. The minimum Gasteiger partial charge on any atom is -0.497 e. The summed E-state index contributed by atoms with van der Waals surface area (Å²) in [5.41, 5.74) is 3.22. The summed E-state index contributed by atoms with van der Waals surface area (Å²) in [4.78, 5) is 39.0. The zero-order chi connectivity index (χ0) is 24.9. The largest absolute Gasteiger partial charge is 0.497 e. The molecule has 3 aromatic rings. The maximum atomic E-state index is 13.4. The summed E-state index contributed by atoms with van der Waals surface area (Å²) in [6.45, 7) is 1.97. The van der Waals surface area contributed by atoms with Crippen LogP contribution in [-0.4, -0.2) is 29.6 Å². The number of nitro groups is 1. The van der Waals surface area contributed by atoms with Crippen LogP contribution in [0.15, 0.2) is 84.9 Å². The fraction of sp³-hybridized carbons (Fsp3) is 0.241. The van der Waals surface area contributed by atoms with Crippen LogP contribution in [0.5, 0.6) is 5.75 Å². The first-order valence-corrected chi connectivity index (χ1v) is 11.5. The number of benzene rings is 3. The number of allylic oxidation sites excluding steroid dienone is 1. The van der Waals surface area contributed by atoms with Crippen molar-refractivity contribution in [1.82, 2.24) is 0 Å². The van der Waals surface area contributed by atoms with Crippen molar-refractivity contribution in [3.8, 4) is 5.75 Å². The van der Waals surface area contributed by atoms with E-state index in [4.69, 9.17) is 4.74 Å². The summed E-state index contributed by atoms with van der Waals surface area (Å²) in [5.74, 6) is -2.72. The first-order chi connectivity index (χ1) is 16.9. The summed E-state index contributed by atoms with van der Waals surface area (Å²) in [7, 11) is 1.55. The number of ketones is 2. The lowest BCUT2D eigenvalue weighted by atomic mass is 9.64. The zero-order valence-electron chi connectivity index (χ0n) is 19.7. The van der Waals surface area contributed by atoms with E-state index in [1.165, 1.54) is 6.08 Å². The molecule has 1 fully saturated rings. The van der Waals surface area contributed by atoms with E-state index in [-0.39, 0.29) is 17.1 Å². The van der Waals surface area contributed by atoms with Crippen LogP contribution in [0, 0.1) is 23.0 Å². The van der Waals surface area contributed by atoms with Crippen LogP contribution in [-0.2, 0) is 9.59 Å². The lowest BCUT2D eigenvalue weighted by Gasteiger charge is -2.36. The number of methoxy groups -OCH3 is 1. The molecule has 1 aliphatic carbocycles. The fourth-order valence-electron chi connectivity index (χ4n) is 4.92. The average molecular weight is 470 g/mol. The van der Waals surface area contributed by atoms with Crippen LogP contribution in [0.3, 0.4) is 0 Å². The number of hydrogen-bond acceptors (Lipinski definition) is 5. The Morgan fingerprint density at radius 2 is 1.63 bits per heavy atom. The van der Waals surface area contributed by atoms with Crippen molar-refractivity contribution in [2.45, 2.75) is 31.2 Å². The van der Waals surface area contributed by atoms with E-state index in [9.17, 15) is 19.7 Å². The monoisotopic (exact) mass is 469 g/mol. The van der Waals surface area contributed by atoms with Gasteiger partial charge >= 0.3 is 0 Å². The molecular weight excluding hydrogens is 442 g/mol. The van der Waals surface area contributed by atoms with Gasteiger partial charge in [-0.3, -0.25) is 19.7 Å². The number of hydrogen-bond donors (Lipinski definition) is 0. The Balaban J connectivity index is 1.74. The van der Waals surface area contributed by atoms with E-state index >= 15 is 0 Å². The van der Waals surface area contributed by atoms with Gasteiger partial charge in [0.05, 0.1) is 24.9 Å². The smallest absolute Gasteiger partial charge is 0.228 e. The Morgan fingerprint density at radius 3 is 2.23 bits per heavy atom. The molecule has 0 saturated heterocycles. The van der Waals surface area contributed by atoms with Gasteiger partial charge in [-0.2, -0.15) is 0 Å². The number of nitrogens with zero attached hydrogens (tertiary/aromatic N) is 1. The van der Waals surface area contributed by atoms with E-state index in [0.29, 0.717) is 16.9 Å². The Hall–Kier alpha value is -4.06. The Kier molecular flexibility index (Phi) is 7.20. The molecule has 1 unspecified atom stereocenters. The van der Waals surface area contributed by atoms with Gasteiger partial charge in [0.2, 0.25) is 6.04 Å². The highest BCUT2D eigenvalue weighted by Gasteiger charge is 2.53. The molecule has 0 bridgehead atoms. The molecule has 4 rings (SSSR count). The third-order valence-electron chi connectivity index (χ3n) is 6.70. The van der Waals surface area contributed by atoms with Crippen molar-refractivity contribution in [2.24, 2.45) is 5.92 Å². The van der Waals surface area contributed by atoms with Gasteiger partial charge in [-0.25, -0.2) is 0 Å². The van der Waals surface area contributed by atoms with Gasteiger partial charge in [0.1, 0.15) is 11.5 Å². The molecule has 0 amide bonds. The molecule has 4 atom stereocenters. The lowest BCUT2D eigenvalue weighted by molar-refractivity contribution is -0.533. The third kappa shape index (κ3) is 5.22. The molecule has 35 heavy (non-hydrogen) atoms. The maximum absolute atomic E-state index is 13.4. The second-order valence-electron chi connectivity index (χ2n) is 8.89. The number of Topliss-reactive ketones (excluding diaryl/α,β-unsaturated/α-hetero) is 1. The summed E-state index contributed by atoms with van der Waals surface area (Å²) in [5, 5.41) is 12.5. The molecule has 0 spiro atoms. The molecular formula is C29H27NO5. The predicted octanol–water partition coefficient (Wildman–Crippen LogP) is 5.39. The van der Waals surface area contributed by atoms with Gasteiger partial charge in [0, 0.05) is 11.3 Å². The van der Waals surface area contributed by atoms with E-state index < -0.39 is 29.6 Å². The molecule has 0 radical (unpaired) electrons. The molecule has 3 aromatic carbocycles. The van der Waals surface area contributed by atoms with Gasteiger partial charge in [-0.15, -0.1) is 0 Å². The van der Waals surface area contributed by atoms with Crippen molar-refractivity contribution in [2.75, 3.05) is 7.11 Å². The molecule has 0 N–H and O–H groups in total. The van der Waals surface area contributed by atoms with E-state index in [2.05, 4.69) is 0 Å². The molecule has 6 nitrogen and oxygen atoms in total. The minimum atomic E-state index is -1.13. The van der Waals surface area contributed by atoms with E-state index in [1.54, 1.807) is 61.7 Å². The average Bonchev–Trinajstić information content (AvgIpc) is 2.88. The summed E-state index contributed by atoms with van der Waals surface area (Å²) < 4.78 is 5.21. The minimum absolute atomic E-state index is 0.0733. The molecule has 1 aliphatic rings.